The van der Waals surface area contributed by atoms with Crippen molar-refractivity contribution in [1.82, 2.24) is 9.97 Å². The van der Waals surface area contributed by atoms with Gasteiger partial charge in [-0.3, -0.25) is 9.59 Å². The topological polar surface area (TPSA) is 112 Å². The number of Topliss-reactive ketones (excluding diaryl/α,β-unsaturated/α-hetero) is 1. The van der Waals surface area contributed by atoms with Crippen LogP contribution in [0.3, 0.4) is 0 Å². The Balaban J connectivity index is 1.34. The number of rotatable bonds is 8. The van der Waals surface area contributed by atoms with Crippen LogP contribution in [0.5, 0.6) is 23.1 Å². The third-order valence-electron chi connectivity index (χ3n) is 6.32. The molecule has 1 N–H and O–H groups in total. The highest BCUT2D eigenvalue weighted by molar-refractivity contribution is 6.46. The number of fused-ring (bicyclic) bond motifs is 1. The minimum absolute atomic E-state index is 0.0471. The number of hydrogen-bond acceptors (Lipinski definition) is 9. The molecule has 0 radical (unpaired) electrons. The lowest BCUT2D eigenvalue weighted by Gasteiger charge is -2.29. The number of morpholine rings is 1. The van der Waals surface area contributed by atoms with Crippen LogP contribution >= 0.6 is 0 Å². The van der Waals surface area contributed by atoms with E-state index in [1.807, 2.05) is 0 Å². The summed E-state index contributed by atoms with van der Waals surface area (Å²) in [5.41, 5.74) is -0.439. The SMILES string of the molecule is COc1cc2ncnc(Oc3cc(F)c(C(=O)C(=O)Nc4ccc(N5CCOCC5)c(F)c4)c(F)c3)c2cc1OC. The number of nitrogens with one attached hydrogen (secondary N) is 1. The number of anilines is 2. The Hall–Kier alpha value is -4.91. The molecule has 1 fully saturated rings. The average molecular weight is 569 g/mol. The van der Waals surface area contributed by atoms with E-state index >= 15 is 0 Å². The van der Waals surface area contributed by atoms with Crippen LogP contribution in [-0.2, 0) is 9.53 Å². The number of hydrogen-bond donors (Lipinski definition) is 1. The van der Waals surface area contributed by atoms with Crippen LogP contribution in [0.1, 0.15) is 10.4 Å². The lowest BCUT2D eigenvalue weighted by molar-refractivity contribution is -0.112. The number of carbonyl (C=O) groups excluding carboxylic acids is 2. The predicted molar refractivity (Wildman–Crippen MR) is 141 cm³/mol. The molecule has 10 nitrogen and oxygen atoms in total. The second kappa shape index (κ2) is 11.7. The van der Waals surface area contributed by atoms with E-state index in [1.165, 1.54) is 38.7 Å². The van der Waals surface area contributed by atoms with E-state index in [4.69, 9.17) is 18.9 Å². The molecule has 1 aliphatic rings. The van der Waals surface area contributed by atoms with Crippen LogP contribution in [-0.4, -0.2) is 62.2 Å². The molecule has 0 saturated carbocycles. The lowest BCUT2D eigenvalue weighted by Crippen LogP contribution is -2.36. The number of ether oxygens (including phenoxy) is 4. The van der Waals surface area contributed by atoms with Crippen molar-refractivity contribution in [3.8, 4) is 23.1 Å². The average Bonchev–Trinajstić information content (AvgIpc) is 2.96. The van der Waals surface area contributed by atoms with E-state index in [0.717, 1.165) is 18.2 Å². The maximum absolute atomic E-state index is 15.0. The Morgan fingerprint density at radius 1 is 0.902 bits per heavy atom. The van der Waals surface area contributed by atoms with Gasteiger partial charge in [-0.05, 0) is 24.3 Å². The molecule has 212 valence electrons. The first-order valence-corrected chi connectivity index (χ1v) is 12.3. The summed E-state index contributed by atoms with van der Waals surface area (Å²) >= 11 is 0. The largest absolute Gasteiger partial charge is 0.493 e. The summed E-state index contributed by atoms with van der Waals surface area (Å²) in [5, 5.41) is 2.54. The molecule has 1 amide bonds. The van der Waals surface area contributed by atoms with E-state index in [0.29, 0.717) is 54.4 Å². The fraction of sp³-hybridized carbons (Fsp3) is 0.214. The summed E-state index contributed by atoms with van der Waals surface area (Å²) in [7, 11) is 2.89. The van der Waals surface area contributed by atoms with E-state index in [2.05, 4.69) is 15.3 Å². The summed E-state index contributed by atoms with van der Waals surface area (Å²) in [4.78, 5) is 35.1. The van der Waals surface area contributed by atoms with Gasteiger partial charge in [0.1, 0.15) is 29.5 Å². The number of nitrogens with zero attached hydrogens (tertiary/aromatic N) is 3. The Bertz CT molecular complexity index is 1620. The van der Waals surface area contributed by atoms with E-state index in [-0.39, 0.29) is 17.3 Å². The maximum atomic E-state index is 15.0. The van der Waals surface area contributed by atoms with Crippen LogP contribution in [0.2, 0.25) is 0 Å². The zero-order chi connectivity index (χ0) is 29.1. The molecule has 0 unspecified atom stereocenters. The fourth-order valence-electron chi connectivity index (χ4n) is 4.32. The van der Waals surface area contributed by atoms with Gasteiger partial charge < -0.3 is 29.2 Å². The Kier molecular flexibility index (Phi) is 7.88. The molecule has 0 bridgehead atoms. The second-order valence-electron chi connectivity index (χ2n) is 8.82. The molecule has 0 aliphatic carbocycles. The fourth-order valence-corrected chi connectivity index (χ4v) is 4.32. The van der Waals surface area contributed by atoms with Crippen LogP contribution in [0.25, 0.3) is 10.9 Å². The van der Waals surface area contributed by atoms with Gasteiger partial charge in [0.2, 0.25) is 5.88 Å². The van der Waals surface area contributed by atoms with Crippen LogP contribution in [0, 0.1) is 17.5 Å². The molecule has 1 aliphatic heterocycles. The molecule has 41 heavy (non-hydrogen) atoms. The molecular weight excluding hydrogens is 545 g/mol. The third-order valence-corrected chi connectivity index (χ3v) is 6.32. The molecule has 0 spiro atoms. The van der Waals surface area contributed by atoms with Gasteiger partial charge in [0.05, 0.1) is 49.6 Å². The first-order valence-electron chi connectivity index (χ1n) is 12.3. The molecule has 1 aromatic heterocycles. The minimum Gasteiger partial charge on any atom is -0.493 e. The molecule has 4 aromatic rings. The molecule has 5 rings (SSSR count). The van der Waals surface area contributed by atoms with Crippen molar-refractivity contribution in [2.24, 2.45) is 0 Å². The number of halogens is 3. The smallest absolute Gasteiger partial charge is 0.296 e. The van der Waals surface area contributed by atoms with E-state index in [9.17, 15) is 22.8 Å². The first-order chi connectivity index (χ1) is 19.8. The Labute approximate surface area is 231 Å². The van der Waals surface area contributed by atoms with Crippen molar-refractivity contribution in [1.29, 1.82) is 0 Å². The summed E-state index contributed by atoms with van der Waals surface area (Å²) in [6, 6.07) is 8.46. The normalized spacial score (nSPS) is 13.1. The number of methoxy groups -OCH3 is 2. The number of aromatic nitrogens is 2. The first kappa shape index (κ1) is 27.6. The van der Waals surface area contributed by atoms with E-state index < -0.39 is 34.7 Å². The van der Waals surface area contributed by atoms with Gasteiger partial charge in [0.15, 0.2) is 11.5 Å². The van der Waals surface area contributed by atoms with Crippen molar-refractivity contribution in [2.75, 3.05) is 50.7 Å². The summed E-state index contributed by atoms with van der Waals surface area (Å²) in [6.07, 6.45) is 1.19. The highest BCUT2D eigenvalue weighted by Crippen LogP contribution is 2.36. The zero-order valence-electron chi connectivity index (χ0n) is 21.9. The van der Waals surface area contributed by atoms with Gasteiger partial charge in [0, 0.05) is 37.0 Å². The number of carbonyl (C=O) groups is 2. The van der Waals surface area contributed by atoms with E-state index in [1.54, 1.807) is 11.0 Å². The monoisotopic (exact) mass is 568 g/mol. The van der Waals surface area contributed by atoms with Crippen LogP contribution in [0.4, 0.5) is 24.5 Å². The van der Waals surface area contributed by atoms with Gasteiger partial charge in [0.25, 0.3) is 11.7 Å². The second-order valence-corrected chi connectivity index (χ2v) is 8.82. The van der Waals surface area contributed by atoms with Crippen LogP contribution < -0.4 is 24.4 Å². The molecular formula is C28H23F3N4O6. The van der Waals surface area contributed by atoms with Crippen molar-refractivity contribution in [3.05, 3.63) is 71.8 Å². The third kappa shape index (κ3) is 5.70. The lowest BCUT2D eigenvalue weighted by atomic mass is 10.1. The molecule has 3 aromatic carbocycles. The van der Waals surface area contributed by atoms with Gasteiger partial charge >= 0.3 is 0 Å². The summed E-state index contributed by atoms with van der Waals surface area (Å²) in [5.74, 6) is -5.78. The number of benzene rings is 3. The predicted octanol–water partition coefficient (Wildman–Crippen LogP) is 4.51. The molecule has 0 atom stereocenters. The van der Waals surface area contributed by atoms with Crippen molar-refractivity contribution < 1.29 is 41.7 Å². The van der Waals surface area contributed by atoms with Gasteiger partial charge in [-0.2, -0.15) is 0 Å². The van der Waals surface area contributed by atoms with Gasteiger partial charge in [-0.1, -0.05) is 0 Å². The molecule has 1 saturated heterocycles. The van der Waals surface area contributed by atoms with Crippen molar-refractivity contribution >= 4 is 34.0 Å². The van der Waals surface area contributed by atoms with Crippen molar-refractivity contribution in [3.63, 3.8) is 0 Å². The Morgan fingerprint density at radius 3 is 2.24 bits per heavy atom. The maximum Gasteiger partial charge on any atom is 0.296 e. The molecule has 13 heteroatoms. The Morgan fingerprint density at radius 2 is 1.59 bits per heavy atom. The standard InChI is InChI=1S/C28H23F3N4O6/c1-38-23-12-17-21(13-24(23)39-2)32-14-33-28(17)41-16-10-19(30)25(20(31)11-16)26(36)27(37)34-15-3-4-22(18(29)9-15)35-5-7-40-8-6-35/h3-4,9-14H,5-8H2,1-2H3,(H,34,37). The quantitative estimate of drug-likeness (QED) is 0.242. The minimum atomic E-state index is -1.49. The molecule has 2 heterocycles. The van der Waals surface area contributed by atoms with Gasteiger partial charge in [-0.15, -0.1) is 0 Å². The highest BCUT2D eigenvalue weighted by Gasteiger charge is 2.26. The van der Waals surface area contributed by atoms with Crippen LogP contribution in [0.15, 0.2) is 48.8 Å². The van der Waals surface area contributed by atoms with Gasteiger partial charge in [-0.25, -0.2) is 23.1 Å². The zero-order valence-corrected chi connectivity index (χ0v) is 21.9. The number of amides is 1. The summed E-state index contributed by atoms with van der Waals surface area (Å²) < 4.78 is 65.9. The summed E-state index contributed by atoms with van der Waals surface area (Å²) in [6.45, 7) is 1.89. The van der Waals surface area contributed by atoms with Crippen molar-refractivity contribution in [2.45, 2.75) is 0 Å². The number of ketones is 1. The highest BCUT2D eigenvalue weighted by atomic mass is 19.1.